The zero-order chi connectivity index (χ0) is 13.0. The van der Waals surface area contributed by atoms with Crippen molar-refractivity contribution in [3.05, 3.63) is 36.3 Å². The number of hydrogen-bond acceptors (Lipinski definition) is 4. The van der Waals surface area contributed by atoms with Crippen molar-refractivity contribution in [2.75, 3.05) is 5.32 Å². The number of thioether (sulfide) groups is 1. The number of rotatable bonds is 5. The van der Waals surface area contributed by atoms with Gasteiger partial charge in [-0.3, -0.25) is 4.68 Å². The number of nitrogens with one attached hydrogen (secondary N) is 1. The van der Waals surface area contributed by atoms with Crippen molar-refractivity contribution in [3.63, 3.8) is 0 Å². The molecule has 0 saturated carbocycles. The second-order valence-electron chi connectivity index (χ2n) is 3.64. The van der Waals surface area contributed by atoms with Crippen LogP contribution in [0.25, 0.3) is 0 Å². The summed E-state index contributed by atoms with van der Waals surface area (Å²) in [6.45, 7) is 0.622. The second kappa shape index (κ2) is 5.81. The quantitative estimate of drug-likeness (QED) is 0.848. The Morgan fingerprint density at radius 1 is 1.39 bits per heavy atom. The Kier molecular flexibility index (Phi) is 4.14. The fraction of sp³-hybridized carbons (Fsp3) is 0.273. The maximum absolute atomic E-state index is 12.1. The summed E-state index contributed by atoms with van der Waals surface area (Å²) in [5.41, 5.74) is 1.83. The Morgan fingerprint density at radius 3 is 2.78 bits per heavy atom. The first-order chi connectivity index (χ1) is 8.63. The summed E-state index contributed by atoms with van der Waals surface area (Å²) in [5.74, 6) is -2.44. The summed E-state index contributed by atoms with van der Waals surface area (Å²) in [4.78, 5) is 3.94. The molecule has 0 unspecified atom stereocenters. The number of nitrogens with zero attached hydrogens (tertiary/aromatic N) is 3. The number of aryl methyl sites for hydroxylation is 1. The van der Waals surface area contributed by atoms with Crippen molar-refractivity contribution >= 4 is 17.4 Å². The van der Waals surface area contributed by atoms with Crippen molar-refractivity contribution < 1.29 is 8.78 Å². The van der Waals surface area contributed by atoms with Gasteiger partial charge in [0.2, 0.25) is 0 Å². The number of hydrogen-bond donors (Lipinski definition) is 1. The van der Waals surface area contributed by atoms with Crippen molar-refractivity contribution in [2.24, 2.45) is 7.05 Å². The highest BCUT2D eigenvalue weighted by molar-refractivity contribution is 7.99. The molecule has 18 heavy (non-hydrogen) atoms. The third-order valence-corrected chi connectivity index (χ3v) is 2.86. The lowest BCUT2D eigenvalue weighted by molar-refractivity contribution is 0.252. The number of pyridine rings is 1. The van der Waals surface area contributed by atoms with E-state index in [0.29, 0.717) is 23.3 Å². The van der Waals surface area contributed by atoms with Crippen LogP contribution in [0, 0.1) is 0 Å². The van der Waals surface area contributed by atoms with Gasteiger partial charge in [-0.2, -0.15) is 13.9 Å². The van der Waals surface area contributed by atoms with E-state index in [1.807, 2.05) is 13.2 Å². The molecule has 2 aromatic heterocycles. The first kappa shape index (κ1) is 12.8. The van der Waals surface area contributed by atoms with Crippen LogP contribution in [-0.4, -0.2) is 20.5 Å². The van der Waals surface area contributed by atoms with Gasteiger partial charge < -0.3 is 5.32 Å². The van der Waals surface area contributed by atoms with Gasteiger partial charge >= 0.3 is 0 Å². The Bertz CT molecular complexity index is 498. The minimum atomic E-state index is -2.44. The average molecular weight is 270 g/mol. The molecule has 4 nitrogen and oxygen atoms in total. The van der Waals surface area contributed by atoms with Gasteiger partial charge in [0, 0.05) is 25.4 Å². The van der Waals surface area contributed by atoms with Crippen LogP contribution in [0.2, 0.25) is 0 Å². The largest absolute Gasteiger partial charge is 0.380 e. The highest BCUT2D eigenvalue weighted by atomic mass is 32.2. The van der Waals surface area contributed by atoms with E-state index in [1.165, 1.54) is 0 Å². The molecule has 0 fully saturated rings. The van der Waals surface area contributed by atoms with Gasteiger partial charge in [0.1, 0.15) is 5.03 Å². The van der Waals surface area contributed by atoms with Crippen molar-refractivity contribution in [1.29, 1.82) is 0 Å². The third-order valence-electron chi connectivity index (χ3n) is 2.20. The molecule has 0 aliphatic rings. The monoisotopic (exact) mass is 270 g/mol. The Balaban J connectivity index is 1.90. The first-order valence-corrected chi connectivity index (χ1v) is 6.14. The molecule has 2 aromatic rings. The van der Waals surface area contributed by atoms with Gasteiger partial charge in [-0.05, 0) is 23.9 Å². The summed E-state index contributed by atoms with van der Waals surface area (Å²) in [5, 5.41) is 7.51. The molecule has 0 radical (unpaired) electrons. The van der Waals surface area contributed by atoms with E-state index >= 15 is 0 Å². The molecule has 0 aliphatic carbocycles. The summed E-state index contributed by atoms with van der Waals surface area (Å²) < 4.78 is 25.9. The lowest BCUT2D eigenvalue weighted by Gasteiger charge is -2.05. The molecule has 0 spiro atoms. The van der Waals surface area contributed by atoms with Gasteiger partial charge in [-0.25, -0.2) is 4.98 Å². The van der Waals surface area contributed by atoms with Gasteiger partial charge in [0.05, 0.1) is 18.1 Å². The average Bonchev–Trinajstić information content (AvgIpc) is 2.74. The molecule has 7 heteroatoms. The number of aromatic nitrogens is 3. The molecular weight excluding hydrogens is 258 g/mol. The first-order valence-electron chi connectivity index (χ1n) is 5.26. The van der Waals surface area contributed by atoms with Gasteiger partial charge in [0.25, 0.3) is 5.76 Å². The lowest BCUT2D eigenvalue weighted by atomic mass is 10.3. The molecule has 1 N–H and O–H groups in total. The number of alkyl halides is 2. The summed E-state index contributed by atoms with van der Waals surface area (Å²) in [6, 6.07) is 3.30. The minimum absolute atomic E-state index is 0.317. The lowest BCUT2D eigenvalue weighted by Crippen LogP contribution is -1.99. The Hall–Kier alpha value is -1.63. The molecule has 2 rings (SSSR count). The molecule has 0 aliphatic heterocycles. The molecule has 0 saturated heterocycles. The minimum Gasteiger partial charge on any atom is -0.380 e. The molecule has 96 valence electrons. The summed E-state index contributed by atoms with van der Waals surface area (Å²) in [6.07, 6.45) is 5.21. The smallest absolute Gasteiger partial charge is 0.290 e. The van der Waals surface area contributed by atoms with E-state index in [9.17, 15) is 8.78 Å². The second-order valence-corrected chi connectivity index (χ2v) is 4.65. The summed E-state index contributed by atoms with van der Waals surface area (Å²) in [7, 11) is 1.85. The van der Waals surface area contributed by atoms with E-state index in [-0.39, 0.29) is 0 Å². The molecule has 0 amide bonds. The van der Waals surface area contributed by atoms with Crippen LogP contribution >= 0.6 is 11.8 Å². The molecule has 2 heterocycles. The number of anilines is 1. The SMILES string of the molecule is Cn1cc(CNc2ccc(SC(F)F)nc2)cn1. The van der Waals surface area contributed by atoms with E-state index in [4.69, 9.17) is 0 Å². The van der Waals surface area contributed by atoms with Gasteiger partial charge in [-0.1, -0.05) is 0 Å². The third kappa shape index (κ3) is 3.69. The molecule has 0 aromatic carbocycles. The van der Waals surface area contributed by atoms with E-state index in [0.717, 1.165) is 11.3 Å². The van der Waals surface area contributed by atoms with Crippen LogP contribution in [0.5, 0.6) is 0 Å². The highest BCUT2D eigenvalue weighted by Crippen LogP contribution is 2.23. The van der Waals surface area contributed by atoms with Crippen LogP contribution in [0.4, 0.5) is 14.5 Å². The van der Waals surface area contributed by atoms with E-state index in [1.54, 1.807) is 29.2 Å². The number of halogens is 2. The van der Waals surface area contributed by atoms with Crippen LogP contribution in [-0.2, 0) is 13.6 Å². The molecule has 0 atom stereocenters. The van der Waals surface area contributed by atoms with E-state index < -0.39 is 5.76 Å². The topological polar surface area (TPSA) is 42.7 Å². The zero-order valence-corrected chi connectivity index (χ0v) is 10.5. The summed E-state index contributed by atoms with van der Waals surface area (Å²) >= 11 is 0.439. The Labute approximate surface area is 107 Å². The van der Waals surface area contributed by atoms with Crippen molar-refractivity contribution in [3.8, 4) is 0 Å². The normalized spacial score (nSPS) is 10.9. The standard InChI is InChI=1S/C11H12F2N4S/c1-17-7-8(5-16-17)4-14-9-2-3-10(15-6-9)18-11(12)13/h2-3,5-7,11,14H,4H2,1H3. The van der Waals surface area contributed by atoms with Crippen LogP contribution in [0.15, 0.2) is 35.7 Å². The highest BCUT2D eigenvalue weighted by Gasteiger charge is 2.06. The van der Waals surface area contributed by atoms with Crippen molar-refractivity contribution in [1.82, 2.24) is 14.8 Å². The van der Waals surface area contributed by atoms with Crippen LogP contribution in [0.1, 0.15) is 5.56 Å². The fourth-order valence-corrected chi connectivity index (χ4v) is 1.86. The van der Waals surface area contributed by atoms with Crippen molar-refractivity contribution in [2.45, 2.75) is 17.3 Å². The van der Waals surface area contributed by atoms with E-state index in [2.05, 4.69) is 15.4 Å². The Morgan fingerprint density at radius 2 is 2.22 bits per heavy atom. The fourth-order valence-electron chi connectivity index (χ4n) is 1.41. The zero-order valence-electron chi connectivity index (χ0n) is 9.68. The predicted molar refractivity (Wildman–Crippen MR) is 66.6 cm³/mol. The van der Waals surface area contributed by atoms with Crippen LogP contribution in [0.3, 0.4) is 0 Å². The van der Waals surface area contributed by atoms with Gasteiger partial charge in [0.15, 0.2) is 0 Å². The molecular formula is C11H12F2N4S. The maximum Gasteiger partial charge on any atom is 0.290 e. The van der Waals surface area contributed by atoms with Crippen LogP contribution < -0.4 is 5.32 Å². The molecule has 0 bridgehead atoms. The predicted octanol–water partition coefficient (Wildman–Crippen LogP) is 2.74. The maximum atomic E-state index is 12.1. The van der Waals surface area contributed by atoms with Gasteiger partial charge in [-0.15, -0.1) is 0 Å².